The topological polar surface area (TPSA) is 43.9 Å². The van der Waals surface area contributed by atoms with E-state index >= 15 is 0 Å². The van der Waals surface area contributed by atoms with Gasteiger partial charge in [0.15, 0.2) is 0 Å². The van der Waals surface area contributed by atoms with E-state index in [0.29, 0.717) is 19.6 Å². The van der Waals surface area contributed by atoms with E-state index in [0.717, 1.165) is 44.6 Å². The van der Waals surface area contributed by atoms with Crippen LogP contribution >= 0.6 is 0 Å². The summed E-state index contributed by atoms with van der Waals surface area (Å²) >= 11 is 0. The van der Waals surface area contributed by atoms with Gasteiger partial charge in [0, 0.05) is 39.3 Å². The summed E-state index contributed by atoms with van der Waals surface area (Å²) < 4.78 is 0. The van der Waals surface area contributed by atoms with Crippen molar-refractivity contribution >= 4 is 11.8 Å². The first-order valence-corrected chi connectivity index (χ1v) is 9.83. The lowest BCUT2D eigenvalue weighted by Gasteiger charge is -2.39. The Balaban J connectivity index is 1.51. The molecule has 2 aliphatic rings. The second-order valence-electron chi connectivity index (χ2n) is 8.00. The van der Waals surface area contributed by atoms with Gasteiger partial charge >= 0.3 is 0 Å². The van der Waals surface area contributed by atoms with E-state index in [-0.39, 0.29) is 11.8 Å². The van der Waals surface area contributed by atoms with Crippen molar-refractivity contribution in [3.63, 3.8) is 0 Å². The standard InChI is InChI=1S/C21H31N3O2/c1-21(2,18-9-5-3-6-10-18)20(26)24-15-13-22(14-16-24)17-19(25)23-11-7-4-8-12-23/h3,5-6,9-10H,4,7-8,11-17H2,1-2H3. The maximum Gasteiger partial charge on any atom is 0.236 e. The van der Waals surface area contributed by atoms with E-state index in [2.05, 4.69) is 4.90 Å². The summed E-state index contributed by atoms with van der Waals surface area (Å²) in [5.41, 5.74) is 0.528. The molecule has 2 aliphatic heterocycles. The lowest BCUT2D eigenvalue weighted by Crippen LogP contribution is -2.55. The number of amides is 2. The van der Waals surface area contributed by atoms with Gasteiger partial charge in [0.1, 0.15) is 0 Å². The van der Waals surface area contributed by atoms with Crippen LogP contribution in [-0.4, -0.2) is 72.3 Å². The highest BCUT2D eigenvalue weighted by atomic mass is 16.2. The van der Waals surface area contributed by atoms with Crippen molar-refractivity contribution in [2.24, 2.45) is 0 Å². The summed E-state index contributed by atoms with van der Waals surface area (Å²) in [6, 6.07) is 9.97. The van der Waals surface area contributed by atoms with Gasteiger partial charge in [0.05, 0.1) is 12.0 Å². The van der Waals surface area contributed by atoms with Crippen LogP contribution in [0.2, 0.25) is 0 Å². The van der Waals surface area contributed by atoms with Crippen LogP contribution in [0.1, 0.15) is 38.7 Å². The van der Waals surface area contributed by atoms with Gasteiger partial charge in [-0.05, 0) is 38.7 Å². The van der Waals surface area contributed by atoms with Gasteiger partial charge in [0.2, 0.25) is 11.8 Å². The predicted molar refractivity (Wildman–Crippen MR) is 103 cm³/mol. The molecule has 0 aromatic heterocycles. The third-order valence-corrected chi connectivity index (χ3v) is 5.76. The molecular formula is C21H31N3O2. The minimum Gasteiger partial charge on any atom is -0.342 e. The maximum absolute atomic E-state index is 13.0. The second-order valence-corrected chi connectivity index (χ2v) is 8.00. The van der Waals surface area contributed by atoms with Gasteiger partial charge in [-0.25, -0.2) is 0 Å². The largest absolute Gasteiger partial charge is 0.342 e. The zero-order valence-electron chi connectivity index (χ0n) is 16.1. The minimum atomic E-state index is -0.521. The summed E-state index contributed by atoms with van der Waals surface area (Å²) in [6.45, 7) is 9.24. The monoisotopic (exact) mass is 357 g/mol. The number of hydrogen-bond donors (Lipinski definition) is 0. The van der Waals surface area contributed by atoms with Crippen LogP contribution in [0.4, 0.5) is 0 Å². The normalized spacial score (nSPS) is 19.5. The Labute approximate surface area is 156 Å². The van der Waals surface area contributed by atoms with Gasteiger partial charge in [-0.15, -0.1) is 0 Å². The lowest BCUT2D eigenvalue weighted by atomic mass is 9.83. The van der Waals surface area contributed by atoms with Crippen molar-refractivity contribution in [3.8, 4) is 0 Å². The van der Waals surface area contributed by atoms with Crippen molar-refractivity contribution in [2.45, 2.75) is 38.5 Å². The molecule has 2 amide bonds. The number of likely N-dealkylation sites (tertiary alicyclic amines) is 1. The molecule has 142 valence electrons. The Morgan fingerprint density at radius 1 is 0.846 bits per heavy atom. The van der Waals surface area contributed by atoms with E-state index in [4.69, 9.17) is 0 Å². The van der Waals surface area contributed by atoms with E-state index in [9.17, 15) is 9.59 Å². The van der Waals surface area contributed by atoms with E-state index in [1.54, 1.807) is 0 Å². The molecule has 3 rings (SSSR count). The molecule has 0 radical (unpaired) electrons. The molecule has 2 heterocycles. The molecule has 2 fully saturated rings. The minimum absolute atomic E-state index is 0.172. The Kier molecular flexibility index (Phi) is 5.97. The third kappa shape index (κ3) is 4.26. The molecular weight excluding hydrogens is 326 g/mol. The van der Waals surface area contributed by atoms with Gasteiger partial charge in [-0.3, -0.25) is 14.5 Å². The first kappa shape index (κ1) is 18.9. The van der Waals surface area contributed by atoms with Crippen molar-refractivity contribution in [1.82, 2.24) is 14.7 Å². The van der Waals surface area contributed by atoms with Crippen LogP contribution in [0.5, 0.6) is 0 Å². The maximum atomic E-state index is 13.0. The molecule has 26 heavy (non-hydrogen) atoms. The first-order chi connectivity index (χ1) is 12.5. The number of carbonyl (C=O) groups is 2. The van der Waals surface area contributed by atoms with Crippen LogP contribution < -0.4 is 0 Å². The number of benzene rings is 1. The van der Waals surface area contributed by atoms with Crippen LogP contribution in [0.15, 0.2) is 30.3 Å². The molecule has 0 unspecified atom stereocenters. The average Bonchev–Trinajstić information content (AvgIpc) is 2.69. The zero-order valence-corrected chi connectivity index (χ0v) is 16.1. The molecule has 5 nitrogen and oxygen atoms in total. The van der Waals surface area contributed by atoms with Crippen LogP contribution in [0.25, 0.3) is 0 Å². The summed E-state index contributed by atoms with van der Waals surface area (Å²) in [6.07, 6.45) is 3.49. The lowest BCUT2D eigenvalue weighted by molar-refractivity contribution is -0.139. The highest BCUT2D eigenvalue weighted by Crippen LogP contribution is 2.26. The van der Waals surface area contributed by atoms with Crippen molar-refractivity contribution in [3.05, 3.63) is 35.9 Å². The summed E-state index contributed by atoms with van der Waals surface area (Å²) in [4.78, 5) is 31.6. The van der Waals surface area contributed by atoms with Gasteiger partial charge in [-0.2, -0.15) is 0 Å². The number of piperidine rings is 1. The fraction of sp³-hybridized carbons (Fsp3) is 0.619. The van der Waals surface area contributed by atoms with Crippen LogP contribution in [-0.2, 0) is 15.0 Å². The van der Waals surface area contributed by atoms with Crippen molar-refractivity contribution in [2.75, 3.05) is 45.8 Å². The SMILES string of the molecule is CC(C)(C(=O)N1CCN(CC(=O)N2CCCCC2)CC1)c1ccccc1. The first-order valence-electron chi connectivity index (χ1n) is 9.83. The molecule has 5 heteroatoms. The molecule has 1 aromatic rings. The number of hydrogen-bond acceptors (Lipinski definition) is 3. The van der Waals surface area contributed by atoms with Gasteiger partial charge in [-0.1, -0.05) is 30.3 Å². The van der Waals surface area contributed by atoms with Crippen molar-refractivity contribution < 1.29 is 9.59 Å². The van der Waals surface area contributed by atoms with E-state index in [1.165, 1.54) is 6.42 Å². The Bertz CT molecular complexity index is 615. The highest BCUT2D eigenvalue weighted by molar-refractivity contribution is 5.87. The smallest absolute Gasteiger partial charge is 0.236 e. The molecule has 2 saturated heterocycles. The molecule has 0 bridgehead atoms. The number of piperazine rings is 1. The van der Waals surface area contributed by atoms with E-state index < -0.39 is 5.41 Å². The molecule has 0 saturated carbocycles. The summed E-state index contributed by atoms with van der Waals surface area (Å²) in [5, 5.41) is 0. The summed E-state index contributed by atoms with van der Waals surface area (Å²) in [7, 11) is 0. The fourth-order valence-electron chi connectivity index (χ4n) is 3.92. The second kappa shape index (κ2) is 8.21. The fourth-order valence-corrected chi connectivity index (χ4v) is 3.92. The molecule has 0 aliphatic carbocycles. The number of carbonyl (C=O) groups excluding carboxylic acids is 2. The Morgan fingerprint density at radius 3 is 2.08 bits per heavy atom. The summed E-state index contributed by atoms with van der Waals surface area (Å²) in [5.74, 6) is 0.416. The third-order valence-electron chi connectivity index (χ3n) is 5.76. The molecule has 0 spiro atoms. The zero-order chi connectivity index (χ0) is 18.6. The number of rotatable bonds is 4. The van der Waals surface area contributed by atoms with Crippen LogP contribution in [0, 0.1) is 0 Å². The quantitative estimate of drug-likeness (QED) is 0.829. The average molecular weight is 357 g/mol. The van der Waals surface area contributed by atoms with Gasteiger partial charge in [0.25, 0.3) is 0 Å². The Hall–Kier alpha value is -1.88. The predicted octanol–water partition coefficient (Wildman–Crippen LogP) is 2.12. The van der Waals surface area contributed by atoms with Crippen molar-refractivity contribution in [1.29, 1.82) is 0 Å². The molecule has 0 atom stereocenters. The molecule has 0 N–H and O–H groups in total. The molecule has 1 aromatic carbocycles. The van der Waals surface area contributed by atoms with Gasteiger partial charge < -0.3 is 9.80 Å². The van der Waals surface area contributed by atoms with Crippen LogP contribution in [0.3, 0.4) is 0 Å². The highest BCUT2D eigenvalue weighted by Gasteiger charge is 2.35. The number of nitrogens with zero attached hydrogens (tertiary/aromatic N) is 3. The van der Waals surface area contributed by atoms with E-state index in [1.807, 2.05) is 54.0 Å². The Morgan fingerprint density at radius 2 is 1.46 bits per heavy atom.